The van der Waals surface area contributed by atoms with Crippen molar-refractivity contribution in [3.63, 3.8) is 0 Å². The van der Waals surface area contributed by atoms with Crippen molar-refractivity contribution in [2.45, 2.75) is 19.6 Å². The van der Waals surface area contributed by atoms with Crippen molar-refractivity contribution in [1.82, 2.24) is 29.9 Å². The first kappa shape index (κ1) is 18.2. The number of hydrogen-bond acceptors (Lipinski definition) is 8. The van der Waals surface area contributed by atoms with Crippen LogP contribution in [0.15, 0.2) is 37.2 Å². The Bertz CT molecular complexity index is 1130. The molecule has 7 nitrogen and oxygen atoms in total. The third-order valence-electron chi connectivity index (χ3n) is 3.78. The Labute approximate surface area is 160 Å². The van der Waals surface area contributed by atoms with Crippen molar-refractivity contribution < 1.29 is 13.2 Å². The summed E-state index contributed by atoms with van der Waals surface area (Å²) >= 11 is 1.55. The highest BCUT2D eigenvalue weighted by Gasteiger charge is 2.34. The van der Waals surface area contributed by atoms with Gasteiger partial charge >= 0.3 is 6.18 Å². The second kappa shape index (κ2) is 7.08. The van der Waals surface area contributed by atoms with Gasteiger partial charge in [-0.15, -0.1) is 11.3 Å². The molecule has 4 rings (SSSR count). The van der Waals surface area contributed by atoms with Crippen LogP contribution in [0, 0.1) is 6.92 Å². The van der Waals surface area contributed by atoms with Crippen molar-refractivity contribution in [2.24, 2.45) is 0 Å². The first-order valence-corrected chi connectivity index (χ1v) is 8.87. The number of thiazole rings is 1. The van der Waals surface area contributed by atoms with Crippen molar-refractivity contribution in [2.75, 3.05) is 5.32 Å². The molecular formula is C17H12F3N7S. The van der Waals surface area contributed by atoms with E-state index < -0.39 is 12.0 Å². The molecule has 0 aromatic carbocycles. The van der Waals surface area contributed by atoms with Gasteiger partial charge in [-0.2, -0.15) is 13.2 Å². The van der Waals surface area contributed by atoms with Crippen LogP contribution in [0.3, 0.4) is 0 Å². The van der Waals surface area contributed by atoms with Crippen LogP contribution in [0.25, 0.3) is 21.6 Å². The topological polar surface area (TPSA) is 89.4 Å². The predicted octanol–water partition coefficient (Wildman–Crippen LogP) is 3.88. The molecule has 0 atom stereocenters. The molecule has 0 radical (unpaired) electrons. The van der Waals surface area contributed by atoms with E-state index in [0.717, 1.165) is 27.8 Å². The smallest absolute Gasteiger partial charge is 0.365 e. The first-order chi connectivity index (χ1) is 13.4. The molecule has 28 heavy (non-hydrogen) atoms. The number of fused-ring (bicyclic) bond motifs is 1. The third kappa shape index (κ3) is 3.74. The number of hydrogen-bond donors (Lipinski definition) is 1. The first-order valence-electron chi connectivity index (χ1n) is 8.06. The van der Waals surface area contributed by atoms with Crippen LogP contribution in [0.5, 0.6) is 0 Å². The van der Waals surface area contributed by atoms with Crippen molar-refractivity contribution in [3.8, 4) is 10.6 Å². The average molecular weight is 403 g/mol. The Kier molecular flexibility index (Phi) is 4.59. The summed E-state index contributed by atoms with van der Waals surface area (Å²) in [7, 11) is 0. The van der Waals surface area contributed by atoms with E-state index in [-0.39, 0.29) is 6.54 Å². The fraction of sp³-hybridized carbons (Fsp3) is 0.176. The van der Waals surface area contributed by atoms with Crippen molar-refractivity contribution in [3.05, 3.63) is 53.4 Å². The second-order valence-electron chi connectivity index (χ2n) is 5.86. The van der Waals surface area contributed by atoms with Gasteiger partial charge in [0.05, 0.1) is 5.39 Å². The van der Waals surface area contributed by atoms with Crippen LogP contribution in [0.2, 0.25) is 0 Å². The van der Waals surface area contributed by atoms with Gasteiger partial charge in [-0.05, 0) is 13.0 Å². The number of aryl methyl sites for hydroxylation is 1. The summed E-state index contributed by atoms with van der Waals surface area (Å²) in [6.07, 6.45) is 2.55. The Balaban J connectivity index is 1.59. The summed E-state index contributed by atoms with van der Waals surface area (Å²) < 4.78 is 37.7. The SMILES string of the molecule is Cc1cnc(-c2cnc3ncnc(NCc4cnc(C(F)(F)F)nc4)c3c2)s1. The molecule has 0 bridgehead atoms. The molecule has 0 spiro atoms. The number of pyridine rings is 1. The van der Waals surface area contributed by atoms with Gasteiger partial charge in [-0.3, -0.25) is 0 Å². The number of nitrogens with zero attached hydrogens (tertiary/aromatic N) is 6. The van der Waals surface area contributed by atoms with Gasteiger partial charge in [0, 0.05) is 47.3 Å². The minimum atomic E-state index is -4.56. The molecule has 0 aliphatic heterocycles. The summed E-state index contributed by atoms with van der Waals surface area (Å²) in [5, 5.41) is 4.59. The molecule has 4 aromatic rings. The number of nitrogens with one attached hydrogen (secondary N) is 1. The Hall–Kier alpha value is -3.21. The number of anilines is 1. The molecule has 0 aliphatic rings. The van der Waals surface area contributed by atoms with Crippen LogP contribution in [0.4, 0.5) is 19.0 Å². The molecule has 4 aromatic heterocycles. The number of halogens is 3. The van der Waals surface area contributed by atoms with E-state index in [2.05, 4.69) is 35.2 Å². The van der Waals surface area contributed by atoms with Gasteiger partial charge in [-0.25, -0.2) is 29.9 Å². The fourth-order valence-electron chi connectivity index (χ4n) is 2.47. The lowest BCUT2D eigenvalue weighted by molar-refractivity contribution is -0.145. The van der Waals surface area contributed by atoms with Gasteiger partial charge in [0.1, 0.15) is 17.2 Å². The van der Waals surface area contributed by atoms with Crippen LogP contribution < -0.4 is 5.32 Å². The molecular weight excluding hydrogens is 391 g/mol. The van der Waals surface area contributed by atoms with Crippen LogP contribution in [0.1, 0.15) is 16.3 Å². The lowest BCUT2D eigenvalue weighted by Crippen LogP contribution is -2.12. The van der Waals surface area contributed by atoms with Gasteiger partial charge in [0.2, 0.25) is 5.82 Å². The minimum absolute atomic E-state index is 0.199. The van der Waals surface area contributed by atoms with Gasteiger partial charge in [0.15, 0.2) is 5.65 Å². The standard InChI is InChI=1S/C17H12F3N7S/c1-9-3-23-15(28-9)11-2-12-13(26-8-27-14(12)22-7-11)21-4-10-5-24-16(25-6-10)17(18,19)20/h2-3,5-8H,4H2,1H3,(H,21,22,26,27). The molecule has 0 saturated carbocycles. The monoisotopic (exact) mass is 403 g/mol. The largest absolute Gasteiger partial charge is 0.451 e. The molecule has 11 heteroatoms. The number of alkyl halides is 3. The van der Waals surface area contributed by atoms with E-state index in [1.165, 1.54) is 6.33 Å². The molecule has 1 N–H and O–H groups in total. The zero-order chi connectivity index (χ0) is 19.7. The molecule has 4 heterocycles. The maximum atomic E-state index is 12.6. The van der Waals surface area contributed by atoms with Gasteiger partial charge in [-0.1, -0.05) is 0 Å². The van der Waals surface area contributed by atoms with Crippen LogP contribution in [-0.2, 0) is 12.7 Å². The summed E-state index contributed by atoms with van der Waals surface area (Å²) in [4.78, 5) is 24.9. The highest BCUT2D eigenvalue weighted by atomic mass is 32.1. The molecule has 0 unspecified atom stereocenters. The average Bonchev–Trinajstić information content (AvgIpc) is 3.12. The maximum Gasteiger partial charge on any atom is 0.451 e. The van der Waals surface area contributed by atoms with E-state index in [1.54, 1.807) is 23.7 Å². The van der Waals surface area contributed by atoms with Crippen molar-refractivity contribution >= 4 is 28.2 Å². The fourth-order valence-corrected chi connectivity index (χ4v) is 3.22. The third-order valence-corrected chi connectivity index (χ3v) is 4.74. The molecule has 0 aliphatic carbocycles. The second-order valence-corrected chi connectivity index (χ2v) is 7.09. The highest BCUT2D eigenvalue weighted by molar-refractivity contribution is 7.14. The molecule has 0 amide bonds. The Morgan fingerprint density at radius 1 is 0.964 bits per heavy atom. The number of aromatic nitrogens is 6. The van der Waals surface area contributed by atoms with E-state index in [0.29, 0.717) is 22.4 Å². The quantitative estimate of drug-likeness (QED) is 0.553. The maximum absolute atomic E-state index is 12.6. The zero-order valence-electron chi connectivity index (χ0n) is 14.4. The Morgan fingerprint density at radius 2 is 1.75 bits per heavy atom. The summed E-state index contributed by atoms with van der Waals surface area (Å²) in [6.45, 7) is 2.17. The van der Waals surface area contributed by atoms with E-state index >= 15 is 0 Å². The molecule has 0 fully saturated rings. The summed E-state index contributed by atoms with van der Waals surface area (Å²) in [5.41, 5.74) is 1.82. The molecule has 0 saturated heterocycles. The predicted molar refractivity (Wildman–Crippen MR) is 97.5 cm³/mol. The normalized spacial score (nSPS) is 11.7. The summed E-state index contributed by atoms with van der Waals surface area (Å²) in [5.74, 6) is -0.663. The van der Waals surface area contributed by atoms with Gasteiger partial charge < -0.3 is 5.32 Å². The summed E-state index contributed by atoms with van der Waals surface area (Å²) in [6, 6.07) is 1.88. The highest BCUT2D eigenvalue weighted by Crippen LogP contribution is 2.28. The lowest BCUT2D eigenvalue weighted by atomic mass is 10.2. The van der Waals surface area contributed by atoms with E-state index in [9.17, 15) is 13.2 Å². The van der Waals surface area contributed by atoms with Crippen molar-refractivity contribution in [1.29, 1.82) is 0 Å². The number of rotatable bonds is 4. The minimum Gasteiger partial charge on any atom is -0.365 e. The zero-order valence-corrected chi connectivity index (χ0v) is 15.2. The van der Waals surface area contributed by atoms with Crippen LogP contribution in [-0.4, -0.2) is 29.9 Å². The Morgan fingerprint density at radius 3 is 2.43 bits per heavy atom. The van der Waals surface area contributed by atoms with E-state index in [4.69, 9.17) is 0 Å². The van der Waals surface area contributed by atoms with Crippen LogP contribution >= 0.6 is 11.3 Å². The van der Waals surface area contributed by atoms with Gasteiger partial charge in [0.25, 0.3) is 0 Å². The van der Waals surface area contributed by atoms with E-state index in [1.807, 2.05) is 13.0 Å². The molecule has 142 valence electrons. The lowest BCUT2D eigenvalue weighted by Gasteiger charge is -2.09.